The van der Waals surface area contributed by atoms with Crippen LogP contribution in [-0.2, 0) is 32.3 Å². The molecular weight excluding hydrogens is 614 g/mol. The maximum Gasteiger partial charge on any atom is 0.416 e. The fourth-order valence-corrected chi connectivity index (χ4v) is 6.12. The van der Waals surface area contributed by atoms with Crippen molar-refractivity contribution in [1.82, 2.24) is 10.2 Å². The molecule has 0 saturated heterocycles. The first-order valence-electron chi connectivity index (χ1n) is 13.1. The molecule has 0 radical (unpaired) electrons. The van der Waals surface area contributed by atoms with E-state index in [4.69, 9.17) is 23.2 Å². The van der Waals surface area contributed by atoms with E-state index in [-0.39, 0.29) is 22.9 Å². The van der Waals surface area contributed by atoms with E-state index >= 15 is 0 Å². The van der Waals surface area contributed by atoms with Crippen molar-refractivity contribution < 1.29 is 31.2 Å². The molecule has 0 unspecified atom stereocenters. The summed E-state index contributed by atoms with van der Waals surface area (Å²) in [7, 11) is -4.61. The normalized spacial score (nSPS) is 12.5. The van der Waals surface area contributed by atoms with E-state index in [1.807, 2.05) is 6.92 Å². The lowest BCUT2D eigenvalue weighted by Crippen LogP contribution is -2.52. The molecule has 0 aliphatic carbocycles. The fraction of sp³-hybridized carbons (Fsp3) is 0.310. The number of halogens is 5. The molecule has 3 rings (SSSR count). The molecule has 3 aromatic rings. The molecule has 7 nitrogen and oxygen atoms in total. The summed E-state index contributed by atoms with van der Waals surface area (Å²) in [6, 6.07) is 14.8. The van der Waals surface area contributed by atoms with E-state index in [9.17, 15) is 31.2 Å². The number of benzene rings is 3. The number of alkyl halides is 3. The van der Waals surface area contributed by atoms with Gasteiger partial charge in [-0.2, -0.15) is 13.2 Å². The zero-order valence-corrected chi connectivity index (χ0v) is 25.2. The van der Waals surface area contributed by atoms with Gasteiger partial charge in [0.1, 0.15) is 12.6 Å². The number of rotatable bonds is 12. The molecule has 0 fully saturated rings. The average molecular weight is 645 g/mol. The van der Waals surface area contributed by atoms with Crippen LogP contribution < -0.4 is 9.62 Å². The number of sulfonamides is 1. The smallest absolute Gasteiger partial charge is 0.354 e. The van der Waals surface area contributed by atoms with Crippen molar-refractivity contribution in [2.45, 2.75) is 50.3 Å². The lowest BCUT2D eigenvalue weighted by Gasteiger charge is -2.33. The Morgan fingerprint density at radius 2 is 1.57 bits per heavy atom. The summed E-state index contributed by atoms with van der Waals surface area (Å²) in [5.41, 5.74) is -1.20. The van der Waals surface area contributed by atoms with Gasteiger partial charge in [-0.05, 0) is 54.8 Å². The lowest BCUT2D eigenvalue weighted by atomic mass is 10.1. The fourth-order valence-electron chi connectivity index (χ4n) is 4.21. The van der Waals surface area contributed by atoms with Gasteiger partial charge in [0.2, 0.25) is 11.8 Å². The predicted molar refractivity (Wildman–Crippen MR) is 157 cm³/mol. The van der Waals surface area contributed by atoms with Crippen LogP contribution in [0.25, 0.3) is 0 Å². The minimum atomic E-state index is -4.81. The summed E-state index contributed by atoms with van der Waals surface area (Å²) in [4.78, 5) is 28.1. The Balaban J connectivity index is 2.16. The molecule has 0 saturated carbocycles. The second kappa shape index (κ2) is 14.3. The van der Waals surface area contributed by atoms with Crippen LogP contribution in [0, 0.1) is 0 Å². The monoisotopic (exact) mass is 643 g/mol. The molecule has 1 atom stereocenters. The summed E-state index contributed by atoms with van der Waals surface area (Å²) < 4.78 is 69.2. The van der Waals surface area contributed by atoms with Gasteiger partial charge in [0.05, 0.1) is 21.2 Å². The number of carbonyl (C=O) groups is 2. The van der Waals surface area contributed by atoms with Crippen LogP contribution in [-0.4, -0.2) is 44.3 Å². The van der Waals surface area contributed by atoms with Crippen LogP contribution >= 0.6 is 23.2 Å². The Morgan fingerprint density at radius 1 is 0.929 bits per heavy atom. The Labute approximate surface area is 253 Å². The molecule has 0 bridgehead atoms. The van der Waals surface area contributed by atoms with Crippen LogP contribution in [0.4, 0.5) is 18.9 Å². The molecule has 0 aliphatic rings. The summed E-state index contributed by atoms with van der Waals surface area (Å²) in [5, 5.41) is 2.74. The highest BCUT2D eigenvalue weighted by Gasteiger charge is 2.37. The summed E-state index contributed by atoms with van der Waals surface area (Å²) >= 11 is 12.6. The van der Waals surface area contributed by atoms with Gasteiger partial charge >= 0.3 is 6.18 Å². The van der Waals surface area contributed by atoms with Gasteiger partial charge in [-0.15, -0.1) is 0 Å². The third-order valence-corrected chi connectivity index (χ3v) is 8.85. The molecule has 13 heteroatoms. The minimum Gasteiger partial charge on any atom is -0.354 e. The number of hydrogen-bond donors (Lipinski definition) is 1. The molecule has 1 N–H and O–H groups in total. The molecule has 0 aromatic heterocycles. The second-order valence-electron chi connectivity index (χ2n) is 9.32. The van der Waals surface area contributed by atoms with Gasteiger partial charge in [0.15, 0.2) is 0 Å². The summed E-state index contributed by atoms with van der Waals surface area (Å²) in [5.74, 6) is -1.31. The standard InChI is InChI=1S/C29H30Cl2F3N3O4S/c1-3-16-35-28(39)25(4-2)36(18-20-10-8-9-13-23(20)30)27(38)19-37(42(40,41)22-11-6-5-7-12-22)26-17-21(29(32,33)34)14-15-24(26)31/h5-15,17,25H,3-4,16,18-19H2,1-2H3,(H,35,39)/t25-/m0/s1. The maximum absolute atomic E-state index is 14.0. The molecule has 0 spiro atoms. The molecule has 3 aromatic carbocycles. The SMILES string of the molecule is CCCNC(=O)[C@H](CC)N(Cc1ccccc1Cl)C(=O)CN(c1cc(C(F)(F)F)ccc1Cl)S(=O)(=O)c1ccccc1. The number of nitrogens with zero attached hydrogens (tertiary/aromatic N) is 2. The van der Waals surface area contributed by atoms with Crippen LogP contribution in [0.2, 0.25) is 10.0 Å². The first kappa shape index (κ1) is 33.2. The molecule has 0 heterocycles. The Bertz CT molecular complexity index is 1510. The molecule has 226 valence electrons. The van der Waals surface area contributed by atoms with E-state index in [2.05, 4.69) is 5.32 Å². The van der Waals surface area contributed by atoms with Crippen molar-refractivity contribution in [1.29, 1.82) is 0 Å². The van der Waals surface area contributed by atoms with E-state index < -0.39 is 51.9 Å². The number of amides is 2. The van der Waals surface area contributed by atoms with E-state index in [0.717, 1.165) is 12.1 Å². The number of anilines is 1. The highest BCUT2D eigenvalue weighted by atomic mass is 35.5. The van der Waals surface area contributed by atoms with Crippen molar-refractivity contribution in [3.8, 4) is 0 Å². The number of carbonyl (C=O) groups excluding carboxylic acids is 2. The van der Waals surface area contributed by atoms with Crippen molar-refractivity contribution in [2.75, 3.05) is 17.4 Å². The molecular formula is C29H30Cl2F3N3O4S. The third kappa shape index (κ3) is 7.96. The van der Waals surface area contributed by atoms with Gasteiger partial charge in [0.25, 0.3) is 10.0 Å². The van der Waals surface area contributed by atoms with Crippen LogP contribution in [0.5, 0.6) is 0 Å². The van der Waals surface area contributed by atoms with Gasteiger partial charge < -0.3 is 10.2 Å². The van der Waals surface area contributed by atoms with Gasteiger partial charge in [-0.3, -0.25) is 13.9 Å². The average Bonchev–Trinajstić information content (AvgIpc) is 2.95. The third-order valence-electron chi connectivity index (χ3n) is 6.39. The van der Waals surface area contributed by atoms with Gasteiger partial charge in [0, 0.05) is 18.1 Å². The topological polar surface area (TPSA) is 86.8 Å². The Kier molecular flexibility index (Phi) is 11.3. The first-order chi connectivity index (χ1) is 19.8. The lowest BCUT2D eigenvalue weighted by molar-refractivity contribution is -0.140. The zero-order chi connectivity index (χ0) is 31.1. The van der Waals surface area contributed by atoms with Crippen LogP contribution in [0.15, 0.2) is 77.7 Å². The highest BCUT2D eigenvalue weighted by Crippen LogP contribution is 2.37. The largest absolute Gasteiger partial charge is 0.416 e. The Hall–Kier alpha value is -3.28. The number of hydrogen-bond acceptors (Lipinski definition) is 4. The number of nitrogens with one attached hydrogen (secondary N) is 1. The maximum atomic E-state index is 14.0. The van der Waals surface area contributed by atoms with Crippen molar-refractivity contribution in [2.24, 2.45) is 0 Å². The van der Waals surface area contributed by atoms with Crippen LogP contribution in [0.1, 0.15) is 37.8 Å². The van der Waals surface area contributed by atoms with Crippen LogP contribution in [0.3, 0.4) is 0 Å². The first-order valence-corrected chi connectivity index (χ1v) is 15.3. The van der Waals surface area contributed by atoms with Gasteiger partial charge in [-0.1, -0.05) is 73.4 Å². The van der Waals surface area contributed by atoms with E-state index in [1.165, 1.54) is 29.2 Å². The Morgan fingerprint density at radius 3 is 2.17 bits per heavy atom. The van der Waals surface area contributed by atoms with E-state index in [1.54, 1.807) is 37.3 Å². The summed E-state index contributed by atoms with van der Waals surface area (Å²) in [6.45, 7) is 2.79. The predicted octanol–water partition coefficient (Wildman–Crippen LogP) is 6.54. The molecule has 0 aliphatic heterocycles. The van der Waals surface area contributed by atoms with Crippen molar-refractivity contribution >= 4 is 50.7 Å². The van der Waals surface area contributed by atoms with Gasteiger partial charge in [-0.25, -0.2) is 8.42 Å². The molecule has 42 heavy (non-hydrogen) atoms. The minimum absolute atomic E-state index is 0.161. The zero-order valence-electron chi connectivity index (χ0n) is 22.9. The van der Waals surface area contributed by atoms with Crippen molar-refractivity contribution in [3.05, 3.63) is 94.0 Å². The quantitative estimate of drug-likeness (QED) is 0.243. The van der Waals surface area contributed by atoms with E-state index in [0.29, 0.717) is 33.9 Å². The van der Waals surface area contributed by atoms with Crippen molar-refractivity contribution in [3.63, 3.8) is 0 Å². The highest BCUT2D eigenvalue weighted by molar-refractivity contribution is 7.92. The molecule has 2 amide bonds. The summed E-state index contributed by atoms with van der Waals surface area (Å²) in [6.07, 6.45) is -4.01. The second-order valence-corrected chi connectivity index (χ2v) is 12.0.